The van der Waals surface area contributed by atoms with E-state index in [4.69, 9.17) is 11.6 Å². The molecule has 0 radical (unpaired) electrons. The van der Waals surface area contributed by atoms with Crippen molar-refractivity contribution < 1.29 is 8.42 Å². The van der Waals surface area contributed by atoms with E-state index in [1.54, 1.807) is 24.4 Å². The van der Waals surface area contributed by atoms with Crippen molar-refractivity contribution in [1.82, 2.24) is 9.97 Å². The molecule has 1 aliphatic rings. The second kappa shape index (κ2) is 6.33. The third-order valence-electron chi connectivity index (χ3n) is 3.84. The average Bonchev–Trinajstić information content (AvgIpc) is 2.87. The van der Waals surface area contributed by atoms with Crippen LogP contribution < -0.4 is 10.2 Å². The third-order valence-corrected chi connectivity index (χ3v) is 5.82. The van der Waals surface area contributed by atoms with Crippen LogP contribution in [0.4, 0.5) is 17.5 Å². The number of halogens is 1. The quantitative estimate of drug-likeness (QED) is 0.911. The smallest absolute Gasteiger partial charge is 0.229 e. The highest BCUT2D eigenvalue weighted by Gasteiger charge is 2.31. The van der Waals surface area contributed by atoms with Crippen molar-refractivity contribution in [2.45, 2.75) is 12.5 Å². The Hall–Kier alpha value is -1.86. The fraction of sp³-hybridized carbons (Fsp3) is 0.333. The minimum Gasteiger partial charge on any atom is -0.355 e. The minimum absolute atomic E-state index is 0.0473. The van der Waals surface area contributed by atoms with Crippen LogP contribution in [0.2, 0.25) is 5.02 Å². The van der Waals surface area contributed by atoms with E-state index in [-0.39, 0.29) is 17.5 Å². The summed E-state index contributed by atoms with van der Waals surface area (Å²) in [5.74, 6) is 1.54. The Morgan fingerprint density at radius 3 is 2.87 bits per heavy atom. The van der Waals surface area contributed by atoms with Gasteiger partial charge in [0, 0.05) is 30.0 Å². The molecule has 1 unspecified atom stereocenters. The number of aromatic nitrogens is 2. The van der Waals surface area contributed by atoms with Gasteiger partial charge in [0.05, 0.1) is 11.5 Å². The lowest BCUT2D eigenvalue weighted by Gasteiger charge is -2.24. The zero-order valence-corrected chi connectivity index (χ0v) is 14.2. The van der Waals surface area contributed by atoms with E-state index in [0.29, 0.717) is 23.2 Å². The Morgan fingerprint density at radius 1 is 1.35 bits per heavy atom. The number of hydrogen-bond acceptors (Lipinski definition) is 6. The molecule has 23 heavy (non-hydrogen) atoms. The van der Waals surface area contributed by atoms with Crippen molar-refractivity contribution in [3.05, 3.63) is 41.6 Å². The molecular formula is C15H17ClN4O2S. The molecular weight excluding hydrogens is 336 g/mol. The molecule has 3 rings (SSSR count). The summed E-state index contributed by atoms with van der Waals surface area (Å²) < 4.78 is 23.3. The number of anilines is 3. The third kappa shape index (κ3) is 3.92. The van der Waals surface area contributed by atoms with Gasteiger partial charge in [-0.2, -0.15) is 4.98 Å². The van der Waals surface area contributed by atoms with E-state index >= 15 is 0 Å². The normalized spacial score (nSPS) is 19.5. The van der Waals surface area contributed by atoms with Gasteiger partial charge in [0.25, 0.3) is 0 Å². The molecule has 0 saturated carbocycles. The molecule has 0 spiro atoms. The molecule has 0 amide bonds. The molecule has 1 aromatic carbocycles. The van der Waals surface area contributed by atoms with Gasteiger partial charge in [0.15, 0.2) is 9.84 Å². The van der Waals surface area contributed by atoms with Gasteiger partial charge in [-0.3, -0.25) is 0 Å². The van der Waals surface area contributed by atoms with Gasteiger partial charge in [0.1, 0.15) is 5.82 Å². The van der Waals surface area contributed by atoms with E-state index in [0.717, 1.165) is 5.69 Å². The van der Waals surface area contributed by atoms with Crippen molar-refractivity contribution in [1.29, 1.82) is 0 Å². The fourth-order valence-corrected chi connectivity index (χ4v) is 4.53. The number of rotatable bonds is 4. The first-order chi connectivity index (χ1) is 10.9. The van der Waals surface area contributed by atoms with Gasteiger partial charge in [-0.05, 0) is 30.7 Å². The van der Waals surface area contributed by atoms with Crippen LogP contribution >= 0.6 is 11.6 Å². The maximum atomic E-state index is 11.6. The first kappa shape index (κ1) is 16.0. The number of hydrogen-bond donors (Lipinski definition) is 1. The Labute approximate surface area is 140 Å². The molecule has 1 aliphatic heterocycles. The van der Waals surface area contributed by atoms with Crippen LogP contribution in [0.3, 0.4) is 0 Å². The van der Waals surface area contributed by atoms with Gasteiger partial charge < -0.3 is 10.2 Å². The summed E-state index contributed by atoms with van der Waals surface area (Å²) in [4.78, 5) is 10.5. The Kier molecular flexibility index (Phi) is 4.41. The van der Waals surface area contributed by atoms with E-state index in [9.17, 15) is 8.42 Å². The molecule has 1 saturated heterocycles. The number of nitrogens with one attached hydrogen (secondary N) is 1. The zero-order chi connectivity index (χ0) is 16.4. The topological polar surface area (TPSA) is 75.2 Å². The van der Waals surface area contributed by atoms with Gasteiger partial charge in [0.2, 0.25) is 5.95 Å². The molecule has 122 valence electrons. The summed E-state index contributed by atoms with van der Waals surface area (Å²) in [5, 5.41) is 3.72. The maximum absolute atomic E-state index is 11.6. The number of nitrogens with zero attached hydrogens (tertiary/aromatic N) is 3. The van der Waals surface area contributed by atoms with Crippen molar-refractivity contribution in [3.63, 3.8) is 0 Å². The largest absolute Gasteiger partial charge is 0.355 e. The summed E-state index contributed by atoms with van der Waals surface area (Å²) in [6, 6.07) is 9.00. The predicted molar refractivity (Wildman–Crippen MR) is 92.2 cm³/mol. The van der Waals surface area contributed by atoms with Crippen molar-refractivity contribution in [2.24, 2.45) is 0 Å². The van der Waals surface area contributed by atoms with Crippen molar-refractivity contribution >= 4 is 38.9 Å². The first-order valence-corrected chi connectivity index (χ1v) is 9.42. The molecule has 1 atom stereocenters. The molecule has 8 heteroatoms. The first-order valence-electron chi connectivity index (χ1n) is 7.22. The lowest BCUT2D eigenvalue weighted by Crippen LogP contribution is -2.33. The van der Waals surface area contributed by atoms with Crippen LogP contribution in [-0.2, 0) is 9.84 Å². The fourth-order valence-electron chi connectivity index (χ4n) is 2.57. The SMILES string of the molecule is CN(c1ccnc(Nc2cccc(Cl)c2)n1)C1CCS(=O)(=O)C1. The Bertz CT molecular complexity index is 813. The van der Waals surface area contributed by atoms with Crippen LogP contribution in [-0.4, -0.2) is 43.0 Å². The highest BCUT2D eigenvalue weighted by molar-refractivity contribution is 7.91. The van der Waals surface area contributed by atoms with Crippen LogP contribution in [0.25, 0.3) is 0 Å². The highest BCUT2D eigenvalue weighted by Crippen LogP contribution is 2.23. The van der Waals surface area contributed by atoms with E-state index < -0.39 is 9.84 Å². The van der Waals surface area contributed by atoms with Crippen LogP contribution in [0.15, 0.2) is 36.5 Å². The molecule has 2 aromatic rings. The van der Waals surface area contributed by atoms with Crippen LogP contribution in [0, 0.1) is 0 Å². The lowest BCUT2D eigenvalue weighted by molar-refractivity contribution is 0.600. The van der Waals surface area contributed by atoms with Crippen LogP contribution in [0.1, 0.15) is 6.42 Å². The predicted octanol–water partition coefficient (Wildman–Crippen LogP) is 2.50. The number of benzene rings is 1. The van der Waals surface area contributed by atoms with Crippen LogP contribution in [0.5, 0.6) is 0 Å². The summed E-state index contributed by atoms with van der Waals surface area (Å²) in [6.45, 7) is 0. The summed E-state index contributed by atoms with van der Waals surface area (Å²) in [5.41, 5.74) is 0.792. The maximum Gasteiger partial charge on any atom is 0.229 e. The number of sulfone groups is 1. The second-order valence-electron chi connectivity index (χ2n) is 5.54. The second-order valence-corrected chi connectivity index (χ2v) is 8.21. The van der Waals surface area contributed by atoms with Crippen molar-refractivity contribution in [3.8, 4) is 0 Å². The molecule has 1 fully saturated rings. The highest BCUT2D eigenvalue weighted by atomic mass is 35.5. The van der Waals surface area contributed by atoms with E-state index in [2.05, 4.69) is 15.3 Å². The van der Waals surface area contributed by atoms with Crippen molar-refractivity contribution in [2.75, 3.05) is 28.8 Å². The Morgan fingerprint density at radius 2 is 2.17 bits per heavy atom. The molecule has 0 bridgehead atoms. The lowest BCUT2D eigenvalue weighted by atomic mass is 10.2. The van der Waals surface area contributed by atoms with Gasteiger partial charge in [-0.25, -0.2) is 13.4 Å². The summed E-state index contributed by atoms with van der Waals surface area (Å²) >= 11 is 5.96. The summed E-state index contributed by atoms with van der Waals surface area (Å²) in [6.07, 6.45) is 2.27. The molecule has 2 heterocycles. The molecule has 1 N–H and O–H groups in total. The molecule has 0 aliphatic carbocycles. The van der Waals surface area contributed by atoms with Gasteiger partial charge >= 0.3 is 0 Å². The Balaban J connectivity index is 1.77. The van der Waals surface area contributed by atoms with E-state index in [1.165, 1.54) is 0 Å². The minimum atomic E-state index is -2.93. The van der Waals surface area contributed by atoms with Gasteiger partial charge in [-0.15, -0.1) is 0 Å². The standard InChI is InChI=1S/C15H17ClN4O2S/c1-20(13-6-8-23(21,22)10-13)14-5-7-17-15(19-14)18-12-4-2-3-11(16)9-12/h2-5,7,9,13H,6,8,10H2,1H3,(H,17,18,19). The van der Waals surface area contributed by atoms with Gasteiger partial charge in [-0.1, -0.05) is 17.7 Å². The zero-order valence-electron chi connectivity index (χ0n) is 12.6. The van der Waals surface area contributed by atoms with E-state index in [1.807, 2.05) is 24.1 Å². The monoisotopic (exact) mass is 352 g/mol. The summed E-state index contributed by atoms with van der Waals surface area (Å²) in [7, 11) is -1.07. The molecule has 1 aromatic heterocycles. The molecule has 6 nitrogen and oxygen atoms in total. The average molecular weight is 353 g/mol.